The van der Waals surface area contributed by atoms with Gasteiger partial charge < -0.3 is 0 Å². The van der Waals surface area contributed by atoms with Crippen LogP contribution in [0.1, 0.15) is 24.0 Å². The van der Waals surface area contributed by atoms with E-state index in [1.165, 1.54) is 0 Å². The van der Waals surface area contributed by atoms with Gasteiger partial charge in [-0.05, 0) is 11.1 Å². The predicted octanol–water partition coefficient (Wildman–Crippen LogP) is 0.547. The zero-order chi connectivity index (χ0) is 20.2. The molecule has 0 spiro atoms. The van der Waals surface area contributed by atoms with Gasteiger partial charge in [0.2, 0.25) is 23.6 Å². The van der Waals surface area contributed by atoms with E-state index in [-0.39, 0.29) is 37.5 Å². The molecule has 0 aromatic heterocycles. The summed E-state index contributed by atoms with van der Waals surface area (Å²) in [6, 6.07) is 18.2. The van der Waals surface area contributed by atoms with Crippen LogP contribution < -0.4 is 21.7 Å². The highest BCUT2D eigenvalue weighted by atomic mass is 16.2. The molecule has 2 aromatic rings. The first-order chi connectivity index (χ1) is 13.5. The van der Waals surface area contributed by atoms with Gasteiger partial charge in [-0.2, -0.15) is 0 Å². The maximum atomic E-state index is 11.7. The van der Waals surface area contributed by atoms with Gasteiger partial charge >= 0.3 is 0 Å². The van der Waals surface area contributed by atoms with Crippen molar-refractivity contribution in [2.45, 2.75) is 25.7 Å². The van der Waals surface area contributed by atoms with Gasteiger partial charge in [0.15, 0.2) is 0 Å². The highest BCUT2D eigenvalue weighted by Gasteiger charge is 2.10. The molecule has 0 saturated carbocycles. The summed E-state index contributed by atoms with van der Waals surface area (Å²) in [4.78, 5) is 46.8. The van der Waals surface area contributed by atoms with E-state index in [1.54, 1.807) is 24.3 Å². The molecule has 4 amide bonds. The predicted molar refractivity (Wildman–Crippen MR) is 102 cm³/mol. The molecule has 8 nitrogen and oxygen atoms in total. The van der Waals surface area contributed by atoms with Crippen molar-refractivity contribution in [1.82, 2.24) is 21.7 Å². The molecule has 0 radical (unpaired) electrons. The first-order valence-electron chi connectivity index (χ1n) is 8.76. The Morgan fingerprint density at radius 1 is 0.500 bits per heavy atom. The average Bonchev–Trinajstić information content (AvgIpc) is 2.70. The number of hydrogen-bond donors (Lipinski definition) is 4. The van der Waals surface area contributed by atoms with Crippen LogP contribution in [0.15, 0.2) is 60.7 Å². The number of benzene rings is 2. The van der Waals surface area contributed by atoms with Gasteiger partial charge in [-0.15, -0.1) is 0 Å². The normalized spacial score (nSPS) is 9.86. The summed E-state index contributed by atoms with van der Waals surface area (Å²) in [5, 5.41) is 0. The number of rotatable bonds is 7. The summed E-state index contributed by atoms with van der Waals surface area (Å²) in [5.41, 5.74) is 10.7. The molecule has 0 aliphatic heterocycles. The summed E-state index contributed by atoms with van der Waals surface area (Å²) < 4.78 is 0. The van der Waals surface area contributed by atoms with Crippen molar-refractivity contribution in [3.8, 4) is 0 Å². The third-order valence-corrected chi connectivity index (χ3v) is 3.68. The van der Waals surface area contributed by atoms with E-state index in [4.69, 9.17) is 0 Å². The molecule has 8 heteroatoms. The molecule has 0 fully saturated rings. The molecule has 2 aromatic carbocycles. The van der Waals surface area contributed by atoms with Crippen molar-refractivity contribution in [3.63, 3.8) is 0 Å². The van der Waals surface area contributed by atoms with E-state index < -0.39 is 11.8 Å². The number of carbonyl (C=O) groups excluding carboxylic acids is 4. The van der Waals surface area contributed by atoms with Crippen molar-refractivity contribution in [2.24, 2.45) is 0 Å². The van der Waals surface area contributed by atoms with Gasteiger partial charge in [-0.3, -0.25) is 40.9 Å². The molecule has 0 saturated heterocycles. The molecule has 0 atom stereocenters. The van der Waals surface area contributed by atoms with E-state index in [2.05, 4.69) is 21.7 Å². The third kappa shape index (κ3) is 8.13. The van der Waals surface area contributed by atoms with Crippen molar-refractivity contribution in [2.75, 3.05) is 0 Å². The van der Waals surface area contributed by atoms with Crippen molar-refractivity contribution in [1.29, 1.82) is 0 Å². The van der Waals surface area contributed by atoms with Gasteiger partial charge in [0.1, 0.15) is 0 Å². The molecule has 0 aliphatic rings. The summed E-state index contributed by atoms with van der Waals surface area (Å²) in [6.45, 7) is 0. The SMILES string of the molecule is O=C(CCC(=O)NNC(=O)Cc1ccccc1)NNC(=O)Cc1ccccc1. The van der Waals surface area contributed by atoms with Crippen LogP contribution in [-0.2, 0) is 32.0 Å². The first-order valence-corrected chi connectivity index (χ1v) is 8.76. The monoisotopic (exact) mass is 382 g/mol. The number of nitrogens with one attached hydrogen (secondary N) is 4. The maximum Gasteiger partial charge on any atom is 0.242 e. The quantitative estimate of drug-likeness (QED) is 0.523. The van der Waals surface area contributed by atoms with Crippen LogP contribution in [0.4, 0.5) is 0 Å². The van der Waals surface area contributed by atoms with Crippen molar-refractivity contribution >= 4 is 23.6 Å². The van der Waals surface area contributed by atoms with Crippen LogP contribution in [0.5, 0.6) is 0 Å². The molecular weight excluding hydrogens is 360 g/mol. The highest BCUT2D eigenvalue weighted by molar-refractivity contribution is 5.87. The molecule has 28 heavy (non-hydrogen) atoms. The second-order valence-corrected chi connectivity index (χ2v) is 6.02. The third-order valence-electron chi connectivity index (χ3n) is 3.68. The second kappa shape index (κ2) is 11.1. The van der Waals surface area contributed by atoms with E-state index in [1.807, 2.05) is 36.4 Å². The van der Waals surface area contributed by atoms with Crippen LogP contribution in [0, 0.1) is 0 Å². The zero-order valence-electron chi connectivity index (χ0n) is 15.2. The van der Waals surface area contributed by atoms with Crippen LogP contribution in [0.25, 0.3) is 0 Å². The molecule has 0 heterocycles. The molecule has 146 valence electrons. The standard InChI is InChI=1S/C20H22N4O4/c25-17(21-23-19(27)13-15-7-3-1-4-8-15)11-12-18(26)22-24-20(28)14-16-9-5-2-6-10-16/h1-10H,11-14H2,(H,21,25)(H,22,26)(H,23,27)(H,24,28). The molecule has 0 unspecified atom stereocenters. The number of amides is 4. The highest BCUT2D eigenvalue weighted by Crippen LogP contribution is 1.99. The number of hydrogen-bond acceptors (Lipinski definition) is 4. The first kappa shape index (κ1) is 20.6. The summed E-state index contributed by atoms with van der Waals surface area (Å²) in [5.74, 6) is -1.74. The Bertz CT molecular complexity index is 740. The lowest BCUT2D eigenvalue weighted by Crippen LogP contribution is -2.44. The Morgan fingerprint density at radius 3 is 1.18 bits per heavy atom. The molecule has 0 bridgehead atoms. The fourth-order valence-electron chi connectivity index (χ4n) is 2.28. The second-order valence-electron chi connectivity index (χ2n) is 6.02. The van der Waals surface area contributed by atoms with Crippen LogP contribution in [0.2, 0.25) is 0 Å². The summed E-state index contributed by atoms with van der Waals surface area (Å²) in [7, 11) is 0. The molecule has 4 N–H and O–H groups in total. The minimum Gasteiger partial charge on any atom is -0.273 e. The number of carbonyl (C=O) groups is 4. The Morgan fingerprint density at radius 2 is 0.821 bits per heavy atom. The lowest BCUT2D eigenvalue weighted by Gasteiger charge is -2.09. The topological polar surface area (TPSA) is 116 Å². The minimum absolute atomic E-state index is 0.133. The Labute approximate surface area is 162 Å². The van der Waals surface area contributed by atoms with Gasteiger partial charge in [-0.25, -0.2) is 0 Å². The number of hydrazine groups is 2. The Balaban J connectivity index is 1.58. The van der Waals surface area contributed by atoms with Crippen LogP contribution in [-0.4, -0.2) is 23.6 Å². The van der Waals surface area contributed by atoms with E-state index in [0.717, 1.165) is 11.1 Å². The van der Waals surface area contributed by atoms with Gasteiger partial charge in [0.05, 0.1) is 12.8 Å². The smallest absolute Gasteiger partial charge is 0.242 e. The van der Waals surface area contributed by atoms with E-state index in [0.29, 0.717) is 0 Å². The fourth-order valence-corrected chi connectivity index (χ4v) is 2.28. The Kier molecular flexibility index (Phi) is 8.19. The summed E-state index contributed by atoms with van der Waals surface area (Å²) in [6.07, 6.45) is 0.00210. The van der Waals surface area contributed by atoms with Crippen LogP contribution in [0.3, 0.4) is 0 Å². The van der Waals surface area contributed by atoms with E-state index >= 15 is 0 Å². The lowest BCUT2D eigenvalue weighted by molar-refractivity contribution is -0.131. The minimum atomic E-state index is -0.507. The van der Waals surface area contributed by atoms with Crippen LogP contribution >= 0.6 is 0 Å². The lowest BCUT2D eigenvalue weighted by atomic mass is 10.1. The van der Waals surface area contributed by atoms with Crippen molar-refractivity contribution in [3.05, 3.63) is 71.8 Å². The Hall–Kier alpha value is -3.68. The van der Waals surface area contributed by atoms with Gasteiger partial charge in [-0.1, -0.05) is 60.7 Å². The largest absolute Gasteiger partial charge is 0.273 e. The molecule has 0 aliphatic carbocycles. The van der Waals surface area contributed by atoms with Crippen molar-refractivity contribution < 1.29 is 19.2 Å². The summed E-state index contributed by atoms with van der Waals surface area (Å²) >= 11 is 0. The average molecular weight is 382 g/mol. The maximum absolute atomic E-state index is 11.7. The van der Waals surface area contributed by atoms with Gasteiger partial charge in [0.25, 0.3) is 0 Å². The molecule has 2 rings (SSSR count). The molecular formula is C20H22N4O4. The van der Waals surface area contributed by atoms with Gasteiger partial charge in [0, 0.05) is 12.8 Å². The zero-order valence-corrected chi connectivity index (χ0v) is 15.2. The van der Waals surface area contributed by atoms with E-state index in [9.17, 15) is 19.2 Å². The fraction of sp³-hybridized carbons (Fsp3) is 0.200.